The second-order valence-electron chi connectivity index (χ2n) is 4.84. The van der Waals surface area contributed by atoms with Gasteiger partial charge in [-0.1, -0.05) is 11.8 Å². The summed E-state index contributed by atoms with van der Waals surface area (Å²) in [6, 6.07) is 7.49. The maximum absolute atomic E-state index is 11.7. The number of pyridine rings is 1. The highest BCUT2D eigenvalue weighted by Gasteiger charge is 2.29. The summed E-state index contributed by atoms with van der Waals surface area (Å²) in [6.45, 7) is 3.98. The molecule has 1 aromatic carbocycles. The van der Waals surface area contributed by atoms with Crippen molar-refractivity contribution in [2.75, 3.05) is 5.32 Å². The summed E-state index contributed by atoms with van der Waals surface area (Å²) < 4.78 is 0.775. The number of nitrogens with one attached hydrogen (secondary N) is 1. The molecule has 0 unspecified atom stereocenters. The third kappa shape index (κ3) is 2.73. The van der Waals surface area contributed by atoms with Gasteiger partial charge in [-0.15, -0.1) is 0 Å². The number of aromatic nitrogens is 1. The number of Topliss-reactive ketones (excluding diaryl/α,β-unsaturated/α-hetero) is 1. The summed E-state index contributed by atoms with van der Waals surface area (Å²) in [5, 5.41) is 3.46. The molecule has 0 radical (unpaired) electrons. The van der Waals surface area contributed by atoms with E-state index in [2.05, 4.69) is 26.2 Å². The Labute approximate surface area is 134 Å². The number of fused-ring (bicyclic) bond motifs is 1. The van der Waals surface area contributed by atoms with Crippen LogP contribution in [0, 0.1) is 13.8 Å². The fourth-order valence-corrected chi connectivity index (χ4v) is 3.77. The molecule has 0 aliphatic carbocycles. The van der Waals surface area contributed by atoms with E-state index in [-0.39, 0.29) is 0 Å². The molecular formula is C15H11BrN2O2S. The number of amides is 1. The van der Waals surface area contributed by atoms with Gasteiger partial charge in [0.15, 0.2) is 0 Å². The van der Waals surface area contributed by atoms with Crippen molar-refractivity contribution in [1.29, 1.82) is 0 Å². The van der Waals surface area contributed by atoms with E-state index >= 15 is 0 Å². The molecule has 1 aliphatic rings. The van der Waals surface area contributed by atoms with Crippen molar-refractivity contribution >= 4 is 45.1 Å². The van der Waals surface area contributed by atoms with Crippen LogP contribution in [0.3, 0.4) is 0 Å². The third-order valence-corrected chi connectivity index (χ3v) is 4.95. The van der Waals surface area contributed by atoms with Crippen LogP contribution in [0.4, 0.5) is 5.69 Å². The molecule has 0 fully saturated rings. The smallest absolute Gasteiger partial charge is 0.296 e. The Morgan fingerprint density at radius 1 is 1.14 bits per heavy atom. The Morgan fingerprint density at radius 2 is 1.90 bits per heavy atom. The largest absolute Gasteiger partial charge is 0.318 e. The average molecular weight is 363 g/mol. The van der Waals surface area contributed by atoms with Crippen molar-refractivity contribution in [2.45, 2.75) is 23.8 Å². The predicted octanol–water partition coefficient (Wildman–Crippen LogP) is 3.75. The first kappa shape index (κ1) is 14.3. The van der Waals surface area contributed by atoms with Gasteiger partial charge in [-0.2, -0.15) is 0 Å². The maximum atomic E-state index is 11.7. The van der Waals surface area contributed by atoms with Gasteiger partial charge < -0.3 is 5.32 Å². The summed E-state index contributed by atoms with van der Waals surface area (Å²) >= 11 is 4.94. The second-order valence-corrected chi connectivity index (χ2v) is 6.75. The number of rotatable bonds is 2. The monoisotopic (exact) mass is 362 g/mol. The number of halogens is 1. The van der Waals surface area contributed by atoms with Crippen molar-refractivity contribution in [3.8, 4) is 0 Å². The summed E-state index contributed by atoms with van der Waals surface area (Å²) in [6.07, 6.45) is 0. The second kappa shape index (κ2) is 5.27. The molecule has 0 atom stereocenters. The van der Waals surface area contributed by atoms with E-state index in [1.807, 2.05) is 26.0 Å². The van der Waals surface area contributed by atoms with E-state index in [1.165, 1.54) is 11.8 Å². The van der Waals surface area contributed by atoms with Gasteiger partial charge in [0.1, 0.15) is 5.03 Å². The zero-order valence-corrected chi connectivity index (χ0v) is 13.8. The molecule has 0 saturated carbocycles. The Kier molecular flexibility index (Phi) is 3.59. The van der Waals surface area contributed by atoms with Gasteiger partial charge in [0.25, 0.3) is 11.7 Å². The molecule has 1 amide bonds. The highest BCUT2D eigenvalue weighted by Crippen LogP contribution is 2.38. The molecule has 21 heavy (non-hydrogen) atoms. The molecule has 106 valence electrons. The third-order valence-electron chi connectivity index (χ3n) is 3.06. The number of hydrogen-bond acceptors (Lipinski definition) is 4. The molecule has 3 rings (SSSR count). The van der Waals surface area contributed by atoms with E-state index in [0.717, 1.165) is 25.7 Å². The lowest BCUT2D eigenvalue weighted by molar-refractivity contribution is -0.112. The van der Waals surface area contributed by atoms with E-state index in [1.54, 1.807) is 12.1 Å². The SMILES string of the molecule is Cc1cc(C)nc(Sc2cc3c(cc2Br)C(=O)C(=O)N3)c1. The molecule has 1 aliphatic heterocycles. The Morgan fingerprint density at radius 3 is 2.62 bits per heavy atom. The van der Waals surface area contributed by atoms with Gasteiger partial charge in [-0.25, -0.2) is 4.98 Å². The summed E-state index contributed by atoms with van der Waals surface area (Å²) in [5.41, 5.74) is 3.06. The van der Waals surface area contributed by atoms with Crippen molar-refractivity contribution < 1.29 is 9.59 Å². The number of benzene rings is 1. The van der Waals surface area contributed by atoms with Crippen LogP contribution in [0.25, 0.3) is 0 Å². The number of carbonyl (C=O) groups excluding carboxylic acids is 2. The summed E-state index contributed by atoms with van der Waals surface area (Å²) in [7, 11) is 0. The van der Waals surface area contributed by atoms with E-state index < -0.39 is 11.7 Å². The molecule has 2 aromatic rings. The van der Waals surface area contributed by atoms with Gasteiger partial charge in [0.2, 0.25) is 0 Å². The first-order chi connectivity index (χ1) is 9.94. The fourth-order valence-electron chi connectivity index (χ4n) is 2.19. The minimum Gasteiger partial charge on any atom is -0.318 e. The van der Waals surface area contributed by atoms with Crippen LogP contribution >= 0.6 is 27.7 Å². The summed E-state index contributed by atoms with van der Waals surface area (Å²) in [4.78, 5) is 28.4. The predicted molar refractivity (Wildman–Crippen MR) is 84.9 cm³/mol. The lowest BCUT2D eigenvalue weighted by Gasteiger charge is -2.08. The minimum atomic E-state index is -0.580. The topological polar surface area (TPSA) is 59.1 Å². The Hall–Kier alpha value is -1.66. The maximum Gasteiger partial charge on any atom is 0.296 e. The van der Waals surface area contributed by atoms with Crippen molar-refractivity contribution in [1.82, 2.24) is 4.98 Å². The number of nitrogens with zero attached hydrogens (tertiary/aromatic N) is 1. The molecular weight excluding hydrogens is 352 g/mol. The molecule has 1 aromatic heterocycles. The molecule has 2 heterocycles. The molecule has 1 N–H and O–H groups in total. The molecule has 0 saturated heterocycles. The highest BCUT2D eigenvalue weighted by atomic mass is 79.9. The minimum absolute atomic E-state index is 0.407. The van der Waals surface area contributed by atoms with Crippen LogP contribution in [0.15, 0.2) is 38.7 Å². The van der Waals surface area contributed by atoms with E-state index in [0.29, 0.717) is 11.3 Å². The van der Waals surface area contributed by atoms with Crippen LogP contribution in [0.5, 0.6) is 0 Å². The lowest BCUT2D eigenvalue weighted by Crippen LogP contribution is -2.12. The van der Waals surface area contributed by atoms with Gasteiger partial charge >= 0.3 is 0 Å². The molecule has 6 heteroatoms. The number of carbonyl (C=O) groups is 2. The quantitative estimate of drug-likeness (QED) is 0.826. The van der Waals surface area contributed by atoms with Crippen molar-refractivity contribution in [3.05, 3.63) is 45.6 Å². The van der Waals surface area contributed by atoms with Gasteiger partial charge in [0, 0.05) is 15.1 Å². The Bertz CT molecular complexity index is 769. The number of hydrogen-bond donors (Lipinski definition) is 1. The van der Waals surface area contributed by atoms with Crippen LogP contribution in [0.2, 0.25) is 0 Å². The lowest BCUT2D eigenvalue weighted by atomic mass is 10.1. The zero-order chi connectivity index (χ0) is 15.1. The van der Waals surface area contributed by atoms with Gasteiger partial charge in [-0.05, 0) is 59.6 Å². The van der Waals surface area contributed by atoms with Crippen LogP contribution < -0.4 is 5.32 Å². The molecule has 4 nitrogen and oxygen atoms in total. The average Bonchev–Trinajstić information content (AvgIpc) is 2.65. The number of ketones is 1. The van der Waals surface area contributed by atoms with E-state index in [4.69, 9.17) is 0 Å². The van der Waals surface area contributed by atoms with Crippen LogP contribution in [0.1, 0.15) is 21.6 Å². The summed E-state index contributed by atoms with van der Waals surface area (Å²) in [5.74, 6) is -1.07. The Balaban J connectivity index is 1.99. The van der Waals surface area contributed by atoms with Gasteiger partial charge in [-0.3, -0.25) is 9.59 Å². The first-order valence-electron chi connectivity index (χ1n) is 6.26. The number of anilines is 1. The fraction of sp³-hybridized carbons (Fsp3) is 0.133. The van der Waals surface area contributed by atoms with Crippen molar-refractivity contribution in [3.63, 3.8) is 0 Å². The van der Waals surface area contributed by atoms with E-state index in [9.17, 15) is 9.59 Å². The van der Waals surface area contributed by atoms with Gasteiger partial charge in [0.05, 0.1) is 11.3 Å². The standard InChI is InChI=1S/C15H11BrN2O2S/c1-7-3-8(2)17-13(4-7)21-12-6-11-9(5-10(12)16)14(19)15(20)18-11/h3-6H,1-2H3,(H,18,19,20). The van der Waals surface area contributed by atoms with Crippen LogP contribution in [-0.4, -0.2) is 16.7 Å². The van der Waals surface area contributed by atoms with Crippen LogP contribution in [-0.2, 0) is 4.79 Å². The molecule has 0 spiro atoms. The van der Waals surface area contributed by atoms with Crippen molar-refractivity contribution in [2.24, 2.45) is 0 Å². The highest BCUT2D eigenvalue weighted by molar-refractivity contribution is 9.10. The molecule has 0 bridgehead atoms. The first-order valence-corrected chi connectivity index (χ1v) is 7.87. The number of aryl methyl sites for hydroxylation is 2. The zero-order valence-electron chi connectivity index (χ0n) is 11.4. The normalized spacial score (nSPS) is 13.3.